The first-order chi connectivity index (χ1) is 11.3. The third kappa shape index (κ3) is 2.78. The molecule has 9 heteroatoms. The summed E-state index contributed by atoms with van der Waals surface area (Å²) in [5.74, 6) is -4.24. The summed E-state index contributed by atoms with van der Waals surface area (Å²) in [6.07, 6.45) is 2.48. The molecular weight excluding hydrogens is 318 g/mol. The van der Waals surface area contributed by atoms with E-state index in [1.807, 2.05) is 0 Å². The molecule has 2 aromatic rings. The molecule has 1 fully saturated rings. The summed E-state index contributed by atoms with van der Waals surface area (Å²) in [4.78, 5) is 41.9. The first-order valence-corrected chi connectivity index (χ1v) is 6.91. The van der Waals surface area contributed by atoms with Crippen molar-refractivity contribution in [1.82, 2.24) is 9.97 Å². The quantitative estimate of drug-likeness (QED) is 0.437. The van der Waals surface area contributed by atoms with Gasteiger partial charge in [0.15, 0.2) is 5.57 Å². The number of cyclic esters (lactones) is 2. The number of benzene rings is 1. The van der Waals surface area contributed by atoms with Crippen molar-refractivity contribution in [3.8, 4) is 0 Å². The minimum absolute atomic E-state index is 0.0542. The highest BCUT2D eigenvalue weighted by atomic mass is 16.7. The molecule has 0 bridgehead atoms. The largest absolute Gasteiger partial charge is 0.478 e. The molecule has 1 aliphatic rings. The van der Waals surface area contributed by atoms with Crippen molar-refractivity contribution < 1.29 is 29.0 Å². The van der Waals surface area contributed by atoms with Gasteiger partial charge in [0.1, 0.15) is 0 Å². The summed E-state index contributed by atoms with van der Waals surface area (Å²) in [6, 6.07) is 2.88. The maximum Gasteiger partial charge on any atom is 0.350 e. The zero-order valence-electron chi connectivity index (χ0n) is 12.7. The number of anilines is 1. The van der Waals surface area contributed by atoms with Crippen LogP contribution in [0.25, 0.3) is 11.0 Å². The Balaban J connectivity index is 1.95. The smallest absolute Gasteiger partial charge is 0.350 e. The average Bonchev–Trinajstić information content (AvgIpc) is 2.91. The van der Waals surface area contributed by atoms with E-state index in [4.69, 9.17) is 9.47 Å². The number of carbonyl (C=O) groups excluding carboxylic acids is 2. The molecule has 0 amide bonds. The fourth-order valence-electron chi connectivity index (χ4n) is 2.21. The predicted octanol–water partition coefficient (Wildman–Crippen LogP) is 1.39. The van der Waals surface area contributed by atoms with E-state index in [0.717, 1.165) is 6.20 Å². The Morgan fingerprint density at radius 1 is 1.29 bits per heavy atom. The van der Waals surface area contributed by atoms with Crippen LogP contribution in [0.1, 0.15) is 24.2 Å². The Morgan fingerprint density at radius 3 is 2.58 bits per heavy atom. The van der Waals surface area contributed by atoms with Crippen LogP contribution in [0.5, 0.6) is 0 Å². The van der Waals surface area contributed by atoms with E-state index in [1.54, 1.807) is 0 Å². The van der Waals surface area contributed by atoms with Gasteiger partial charge in [-0.05, 0) is 12.1 Å². The van der Waals surface area contributed by atoms with Crippen LogP contribution in [0.4, 0.5) is 5.69 Å². The van der Waals surface area contributed by atoms with Crippen molar-refractivity contribution in [1.29, 1.82) is 0 Å². The molecule has 0 atom stereocenters. The number of carboxylic acid groups (broad SMARTS) is 1. The molecule has 0 saturated carbocycles. The lowest BCUT2D eigenvalue weighted by molar-refractivity contribution is -0.222. The highest BCUT2D eigenvalue weighted by Crippen LogP contribution is 2.25. The number of carbonyl (C=O) groups is 3. The molecule has 24 heavy (non-hydrogen) atoms. The number of esters is 2. The third-order valence-corrected chi connectivity index (χ3v) is 3.28. The van der Waals surface area contributed by atoms with Crippen LogP contribution in [0.2, 0.25) is 0 Å². The van der Waals surface area contributed by atoms with Crippen molar-refractivity contribution in [2.75, 3.05) is 5.32 Å². The summed E-state index contributed by atoms with van der Waals surface area (Å²) in [6.45, 7) is 2.86. The van der Waals surface area contributed by atoms with Crippen LogP contribution < -0.4 is 5.32 Å². The summed E-state index contributed by atoms with van der Waals surface area (Å²) in [5.41, 5.74) is 0.814. The zero-order valence-corrected chi connectivity index (χ0v) is 12.7. The lowest BCUT2D eigenvalue weighted by atomic mass is 10.1. The van der Waals surface area contributed by atoms with Gasteiger partial charge in [-0.1, -0.05) is 0 Å². The van der Waals surface area contributed by atoms with Crippen LogP contribution in [0.3, 0.4) is 0 Å². The van der Waals surface area contributed by atoms with Gasteiger partial charge >= 0.3 is 17.9 Å². The van der Waals surface area contributed by atoms with E-state index >= 15 is 0 Å². The van der Waals surface area contributed by atoms with Crippen molar-refractivity contribution in [3.05, 3.63) is 35.8 Å². The molecule has 0 spiro atoms. The van der Waals surface area contributed by atoms with Crippen molar-refractivity contribution in [2.24, 2.45) is 0 Å². The summed E-state index contributed by atoms with van der Waals surface area (Å²) in [5, 5.41) is 11.9. The first-order valence-electron chi connectivity index (χ1n) is 6.91. The van der Waals surface area contributed by atoms with Gasteiger partial charge in [-0.15, -0.1) is 0 Å². The van der Waals surface area contributed by atoms with Crippen LogP contribution in [-0.4, -0.2) is 38.8 Å². The molecule has 0 aliphatic carbocycles. The van der Waals surface area contributed by atoms with Crippen LogP contribution in [0.15, 0.2) is 30.2 Å². The Bertz CT molecular complexity index is 874. The molecule has 0 unspecified atom stereocenters. The van der Waals surface area contributed by atoms with Crippen LogP contribution in [0, 0.1) is 0 Å². The molecule has 3 N–H and O–H groups in total. The molecule has 3 rings (SSSR count). The van der Waals surface area contributed by atoms with Gasteiger partial charge in [0.2, 0.25) is 0 Å². The molecule has 124 valence electrons. The first kappa shape index (κ1) is 15.5. The van der Waals surface area contributed by atoms with Gasteiger partial charge in [0, 0.05) is 20.0 Å². The monoisotopic (exact) mass is 331 g/mol. The lowest BCUT2D eigenvalue weighted by Gasteiger charge is -2.29. The number of aromatic carboxylic acids is 1. The third-order valence-electron chi connectivity index (χ3n) is 3.28. The fourth-order valence-corrected chi connectivity index (χ4v) is 2.21. The van der Waals surface area contributed by atoms with E-state index in [2.05, 4.69) is 15.3 Å². The zero-order chi connectivity index (χ0) is 17.5. The molecule has 9 nitrogen and oxygen atoms in total. The number of aromatic nitrogens is 2. The van der Waals surface area contributed by atoms with E-state index in [-0.39, 0.29) is 16.8 Å². The lowest BCUT2D eigenvalue weighted by Crippen LogP contribution is -2.42. The molecule has 2 heterocycles. The minimum atomic E-state index is -1.34. The molecule has 1 aromatic heterocycles. The maximum absolute atomic E-state index is 11.9. The standard InChI is InChI=1S/C15H13N3O6/c1-15(2)23-13(21)8(14(22)24-15)5-16-9-4-11-10(17-6-18-11)3-7(9)12(19)20/h3-6,16H,1-2H3,(H,17,18)(H,19,20). The summed E-state index contributed by atoms with van der Waals surface area (Å²) < 4.78 is 9.91. The molecular formula is C15H13N3O6. The number of carboxylic acids is 1. The maximum atomic E-state index is 11.9. The minimum Gasteiger partial charge on any atom is -0.478 e. The van der Waals surface area contributed by atoms with E-state index in [0.29, 0.717) is 11.0 Å². The van der Waals surface area contributed by atoms with Crippen LogP contribution in [-0.2, 0) is 19.1 Å². The topological polar surface area (TPSA) is 131 Å². The summed E-state index contributed by atoms with van der Waals surface area (Å²) in [7, 11) is 0. The molecule has 1 saturated heterocycles. The van der Waals surface area contributed by atoms with Crippen molar-refractivity contribution in [2.45, 2.75) is 19.6 Å². The number of rotatable bonds is 3. The molecule has 0 radical (unpaired) electrons. The van der Waals surface area contributed by atoms with Gasteiger partial charge in [-0.25, -0.2) is 19.4 Å². The van der Waals surface area contributed by atoms with Gasteiger partial charge in [0.25, 0.3) is 5.79 Å². The number of aromatic amines is 1. The highest BCUT2D eigenvalue weighted by molar-refractivity contribution is 6.15. The van der Waals surface area contributed by atoms with Crippen molar-refractivity contribution in [3.63, 3.8) is 0 Å². The number of hydrogen-bond acceptors (Lipinski definition) is 7. The number of nitrogens with zero attached hydrogens (tertiary/aromatic N) is 1. The van der Waals surface area contributed by atoms with E-state index in [1.165, 1.54) is 32.3 Å². The SMILES string of the molecule is CC1(C)OC(=O)C(=CNc2cc3nc[nH]c3cc2C(=O)O)C(=O)O1. The Labute approximate surface area is 135 Å². The van der Waals surface area contributed by atoms with Gasteiger partial charge in [-0.2, -0.15) is 0 Å². The van der Waals surface area contributed by atoms with E-state index < -0.39 is 23.7 Å². The second-order valence-corrected chi connectivity index (χ2v) is 5.50. The summed E-state index contributed by atoms with van der Waals surface area (Å²) >= 11 is 0. The molecule has 1 aromatic carbocycles. The number of nitrogens with one attached hydrogen (secondary N) is 2. The number of hydrogen-bond donors (Lipinski definition) is 3. The highest BCUT2D eigenvalue weighted by Gasteiger charge is 2.39. The van der Waals surface area contributed by atoms with Gasteiger partial charge < -0.3 is 24.9 Å². The number of H-pyrrole nitrogens is 1. The van der Waals surface area contributed by atoms with Gasteiger partial charge in [0.05, 0.1) is 28.6 Å². The van der Waals surface area contributed by atoms with Crippen molar-refractivity contribution >= 4 is 34.6 Å². The second kappa shape index (κ2) is 5.37. The Hall–Kier alpha value is -3.36. The number of imidazole rings is 1. The predicted molar refractivity (Wildman–Crippen MR) is 81.0 cm³/mol. The Morgan fingerprint density at radius 2 is 1.96 bits per heavy atom. The average molecular weight is 331 g/mol. The number of ether oxygens (including phenoxy) is 2. The Kier molecular flexibility index (Phi) is 3.48. The molecule has 1 aliphatic heterocycles. The normalized spacial score (nSPS) is 16.5. The van der Waals surface area contributed by atoms with Crippen LogP contribution >= 0.6 is 0 Å². The van der Waals surface area contributed by atoms with Gasteiger partial charge in [-0.3, -0.25) is 0 Å². The van der Waals surface area contributed by atoms with E-state index in [9.17, 15) is 19.5 Å². The fraction of sp³-hybridized carbons (Fsp3) is 0.200. The number of fused-ring (bicyclic) bond motifs is 1. The second-order valence-electron chi connectivity index (χ2n) is 5.50.